The van der Waals surface area contributed by atoms with Crippen molar-refractivity contribution in [2.24, 2.45) is 0 Å². The summed E-state index contributed by atoms with van der Waals surface area (Å²) < 4.78 is 4.90. The minimum Gasteiger partial charge on any atom is -0.375 e. The second-order valence-electron chi connectivity index (χ2n) is 7.21. The molecule has 0 atom stereocenters. The summed E-state index contributed by atoms with van der Waals surface area (Å²) >= 11 is 0. The first-order valence-electron chi connectivity index (χ1n) is 10.3. The van der Waals surface area contributed by atoms with Crippen LogP contribution < -0.4 is 4.90 Å². The number of ether oxygens (including phenoxy) is 1. The van der Waals surface area contributed by atoms with Crippen LogP contribution in [0.4, 0.5) is 5.82 Å². The SMILES string of the molecule is CCN(CC(=O)N1CCCN(c2ccc(-c3ccccc3)nn2)CC1)C(=O)COC. The van der Waals surface area contributed by atoms with Crippen LogP contribution in [0.15, 0.2) is 42.5 Å². The van der Waals surface area contributed by atoms with E-state index in [1.54, 1.807) is 0 Å². The molecular weight excluding hydrogens is 382 g/mol. The largest absolute Gasteiger partial charge is 0.375 e. The van der Waals surface area contributed by atoms with Crippen LogP contribution >= 0.6 is 0 Å². The maximum absolute atomic E-state index is 12.7. The van der Waals surface area contributed by atoms with E-state index in [0.29, 0.717) is 26.2 Å². The normalized spacial score (nSPS) is 14.3. The van der Waals surface area contributed by atoms with Crippen molar-refractivity contribution in [3.63, 3.8) is 0 Å². The van der Waals surface area contributed by atoms with Crippen LogP contribution in [0.1, 0.15) is 13.3 Å². The lowest BCUT2D eigenvalue weighted by Gasteiger charge is -2.26. The quantitative estimate of drug-likeness (QED) is 0.690. The number of methoxy groups -OCH3 is 1. The molecule has 1 aliphatic rings. The average molecular weight is 412 g/mol. The van der Waals surface area contributed by atoms with E-state index in [2.05, 4.69) is 15.1 Å². The van der Waals surface area contributed by atoms with Gasteiger partial charge >= 0.3 is 0 Å². The lowest BCUT2D eigenvalue weighted by Crippen LogP contribution is -2.45. The van der Waals surface area contributed by atoms with Gasteiger partial charge < -0.3 is 19.4 Å². The molecule has 2 heterocycles. The number of benzene rings is 1. The van der Waals surface area contributed by atoms with Gasteiger partial charge in [0, 0.05) is 45.4 Å². The zero-order valence-electron chi connectivity index (χ0n) is 17.7. The average Bonchev–Trinajstić information content (AvgIpc) is 3.04. The van der Waals surface area contributed by atoms with Gasteiger partial charge in [-0.3, -0.25) is 9.59 Å². The van der Waals surface area contributed by atoms with E-state index in [0.717, 1.165) is 30.0 Å². The highest BCUT2D eigenvalue weighted by molar-refractivity contribution is 5.85. The van der Waals surface area contributed by atoms with Gasteiger partial charge in [0.2, 0.25) is 11.8 Å². The second kappa shape index (κ2) is 10.7. The predicted molar refractivity (Wildman–Crippen MR) is 115 cm³/mol. The molecule has 2 aromatic rings. The highest BCUT2D eigenvalue weighted by atomic mass is 16.5. The number of likely N-dealkylation sites (N-methyl/N-ethyl adjacent to an activating group) is 1. The minimum absolute atomic E-state index is 0.00740. The van der Waals surface area contributed by atoms with Gasteiger partial charge in [0.1, 0.15) is 6.61 Å². The monoisotopic (exact) mass is 411 g/mol. The number of hydrogen-bond donors (Lipinski definition) is 0. The Morgan fingerprint density at radius 3 is 2.50 bits per heavy atom. The molecular formula is C22H29N5O3. The van der Waals surface area contributed by atoms with E-state index in [1.807, 2.05) is 54.3 Å². The van der Waals surface area contributed by atoms with Crippen molar-refractivity contribution in [3.8, 4) is 11.3 Å². The van der Waals surface area contributed by atoms with E-state index in [1.165, 1.54) is 12.0 Å². The van der Waals surface area contributed by atoms with Crippen LogP contribution in [-0.2, 0) is 14.3 Å². The van der Waals surface area contributed by atoms with Gasteiger partial charge in [0.25, 0.3) is 0 Å². The third-order valence-corrected chi connectivity index (χ3v) is 5.22. The molecule has 1 aliphatic heterocycles. The van der Waals surface area contributed by atoms with Crippen LogP contribution in [-0.4, -0.2) is 84.8 Å². The maximum atomic E-state index is 12.7. The van der Waals surface area contributed by atoms with Gasteiger partial charge in [0.15, 0.2) is 5.82 Å². The predicted octanol–water partition coefficient (Wildman–Crippen LogP) is 1.68. The smallest absolute Gasteiger partial charge is 0.249 e. The lowest BCUT2D eigenvalue weighted by molar-refractivity contribution is -0.142. The molecule has 0 saturated carbocycles. The Kier molecular flexibility index (Phi) is 7.73. The van der Waals surface area contributed by atoms with Gasteiger partial charge in [-0.15, -0.1) is 10.2 Å². The Morgan fingerprint density at radius 1 is 1.03 bits per heavy atom. The van der Waals surface area contributed by atoms with Crippen LogP contribution in [0.5, 0.6) is 0 Å². The van der Waals surface area contributed by atoms with E-state index in [9.17, 15) is 9.59 Å². The number of anilines is 1. The zero-order valence-corrected chi connectivity index (χ0v) is 17.7. The number of nitrogens with zero attached hydrogens (tertiary/aromatic N) is 5. The summed E-state index contributed by atoms with van der Waals surface area (Å²) in [5.41, 5.74) is 1.87. The molecule has 160 valence electrons. The Balaban J connectivity index is 1.58. The van der Waals surface area contributed by atoms with Crippen molar-refractivity contribution >= 4 is 17.6 Å². The summed E-state index contributed by atoms with van der Waals surface area (Å²) in [6.07, 6.45) is 0.839. The molecule has 0 N–H and O–H groups in total. The molecule has 1 aromatic heterocycles. The molecule has 1 saturated heterocycles. The van der Waals surface area contributed by atoms with E-state index in [-0.39, 0.29) is 25.0 Å². The van der Waals surface area contributed by atoms with Crippen molar-refractivity contribution in [1.82, 2.24) is 20.0 Å². The van der Waals surface area contributed by atoms with Crippen LogP contribution in [0.3, 0.4) is 0 Å². The van der Waals surface area contributed by atoms with Gasteiger partial charge in [-0.05, 0) is 25.5 Å². The van der Waals surface area contributed by atoms with Crippen molar-refractivity contribution in [3.05, 3.63) is 42.5 Å². The van der Waals surface area contributed by atoms with Crippen LogP contribution in [0.25, 0.3) is 11.3 Å². The Morgan fingerprint density at radius 2 is 1.83 bits per heavy atom. The topological polar surface area (TPSA) is 78.9 Å². The summed E-state index contributed by atoms with van der Waals surface area (Å²) in [7, 11) is 1.48. The van der Waals surface area contributed by atoms with Crippen LogP contribution in [0.2, 0.25) is 0 Å². The van der Waals surface area contributed by atoms with Gasteiger partial charge in [0.05, 0.1) is 12.2 Å². The van der Waals surface area contributed by atoms with Gasteiger partial charge in [-0.2, -0.15) is 0 Å². The molecule has 1 fully saturated rings. The second-order valence-corrected chi connectivity index (χ2v) is 7.21. The van der Waals surface area contributed by atoms with Crippen molar-refractivity contribution in [2.75, 3.05) is 57.9 Å². The Bertz CT molecular complexity index is 828. The number of carbonyl (C=O) groups is 2. The molecule has 8 nitrogen and oxygen atoms in total. The summed E-state index contributed by atoms with van der Waals surface area (Å²) in [4.78, 5) is 30.3. The van der Waals surface area contributed by atoms with E-state index < -0.39 is 0 Å². The summed E-state index contributed by atoms with van der Waals surface area (Å²) in [6, 6.07) is 13.9. The first kappa shape index (κ1) is 21.7. The summed E-state index contributed by atoms with van der Waals surface area (Å²) in [6.45, 7) is 5.18. The number of hydrogen-bond acceptors (Lipinski definition) is 6. The molecule has 0 unspecified atom stereocenters. The zero-order chi connectivity index (χ0) is 21.3. The molecule has 0 bridgehead atoms. The number of aromatic nitrogens is 2. The summed E-state index contributed by atoms with van der Waals surface area (Å²) in [5.74, 6) is 0.613. The number of carbonyl (C=O) groups excluding carboxylic acids is 2. The standard InChI is InChI=1S/C22H29N5O3/c1-3-25(22(29)17-30-2)16-21(28)27-13-7-12-26(14-15-27)20-11-10-19(23-24-20)18-8-5-4-6-9-18/h4-6,8-11H,3,7,12-17H2,1-2H3. The van der Waals surface area contributed by atoms with Crippen molar-refractivity contribution < 1.29 is 14.3 Å². The number of amides is 2. The fraction of sp³-hybridized carbons (Fsp3) is 0.455. The first-order chi connectivity index (χ1) is 14.6. The fourth-order valence-electron chi connectivity index (χ4n) is 3.51. The highest BCUT2D eigenvalue weighted by Crippen LogP contribution is 2.19. The van der Waals surface area contributed by atoms with Crippen molar-refractivity contribution in [1.29, 1.82) is 0 Å². The third-order valence-electron chi connectivity index (χ3n) is 5.22. The molecule has 8 heteroatoms. The minimum atomic E-state index is -0.168. The van der Waals surface area contributed by atoms with E-state index in [4.69, 9.17) is 4.74 Å². The molecule has 0 spiro atoms. The van der Waals surface area contributed by atoms with Gasteiger partial charge in [-0.25, -0.2) is 0 Å². The Labute approximate surface area is 177 Å². The lowest BCUT2D eigenvalue weighted by atomic mass is 10.1. The molecule has 3 rings (SSSR count). The molecule has 0 radical (unpaired) electrons. The molecule has 0 aliphatic carbocycles. The maximum Gasteiger partial charge on any atom is 0.249 e. The molecule has 30 heavy (non-hydrogen) atoms. The Hall–Kier alpha value is -3.00. The molecule has 2 amide bonds. The van der Waals surface area contributed by atoms with E-state index >= 15 is 0 Å². The third kappa shape index (κ3) is 5.54. The first-order valence-corrected chi connectivity index (χ1v) is 10.3. The highest BCUT2D eigenvalue weighted by Gasteiger charge is 2.23. The van der Waals surface area contributed by atoms with Gasteiger partial charge in [-0.1, -0.05) is 30.3 Å². The fourth-order valence-corrected chi connectivity index (χ4v) is 3.51. The number of rotatable bonds is 7. The molecule has 1 aromatic carbocycles. The van der Waals surface area contributed by atoms with Crippen molar-refractivity contribution in [2.45, 2.75) is 13.3 Å². The van der Waals surface area contributed by atoms with Crippen LogP contribution in [0, 0.1) is 0 Å². The summed E-state index contributed by atoms with van der Waals surface area (Å²) in [5, 5.41) is 8.77.